The van der Waals surface area contributed by atoms with Gasteiger partial charge in [0.05, 0.1) is 5.69 Å². The average Bonchev–Trinajstić information content (AvgIpc) is 3.19. The SMILES string of the molecule is Cc1ccccc1CN1CCN(C(=O)Cn2ccc([C@H]3CCCNC3)n2)CC1. The molecule has 2 aromatic rings. The van der Waals surface area contributed by atoms with Gasteiger partial charge >= 0.3 is 0 Å². The minimum atomic E-state index is 0.173. The van der Waals surface area contributed by atoms with Gasteiger partial charge < -0.3 is 10.2 Å². The van der Waals surface area contributed by atoms with Gasteiger partial charge in [-0.3, -0.25) is 14.4 Å². The van der Waals surface area contributed by atoms with Crippen LogP contribution in [0.25, 0.3) is 0 Å². The number of amides is 1. The van der Waals surface area contributed by atoms with Gasteiger partial charge in [-0.25, -0.2) is 0 Å². The van der Waals surface area contributed by atoms with Crippen LogP contribution in [0.1, 0.15) is 35.6 Å². The van der Waals surface area contributed by atoms with Gasteiger partial charge in [0.2, 0.25) is 5.91 Å². The van der Waals surface area contributed by atoms with Crippen LogP contribution in [-0.4, -0.2) is 64.8 Å². The van der Waals surface area contributed by atoms with Gasteiger partial charge in [-0.05, 0) is 43.5 Å². The van der Waals surface area contributed by atoms with Crippen molar-refractivity contribution >= 4 is 5.91 Å². The Balaban J connectivity index is 1.26. The number of aryl methyl sites for hydroxylation is 1. The quantitative estimate of drug-likeness (QED) is 0.861. The monoisotopic (exact) mass is 381 g/mol. The van der Waals surface area contributed by atoms with E-state index in [9.17, 15) is 4.79 Å². The van der Waals surface area contributed by atoms with E-state index in [1.165, 1.54) is 24.0 Å². The van der Waals surface area contributed by atoms with E-state index in [1.807, 2.05) is 15.8 Å². The Kier molecular flexibility index (Phi) is 6.07. The minimum absolute atomic E-state index is 0.173. The summed E-state index contributed by atoms with van der Waals surface area (Å²) in [4.78, 5) is 17.1. The molecule has 6 nitrogen and oxygen atoms in total. The summed E-state index contributed by atoms with van der Waals surface area (Å²) < 4.78 is 1.81. The smallest absolute Gasteiger partial charge is 0.244 e. The number of carbonyl (C=O) groups is 1. The van der Waals surface area contributed by atoms with Crippen molar-refractivity contribution in [2.24, 2.45) is 0 Å². The molecule has 1 amide bonds. The molecule has 2 aliphatic rings. The molecule has 0 bridgehead atoms. The first-order chi connectivity index (χ1) is 13.7. The van der Waals surface area contributed by atoms with Gasteiger partial charge in [0.25, 0.3) is 0 Å². The van der Waals surface area contributed by atoms with Crippen LogP contribution >= 0.6 is 0 Å². The van der Waals surface area contributed by atoms with E-state index in [-0.39, 0.29) is 5.91 Å². The molecule has 0 unspecified atom stereocenters. The van der Waals surface area contributed by atoms with Crippen LogP contribution in [-0.2, 0) is 17.9 Å². The molecule has 2 aliphatic heterocycles. The number of carbonyl (C=O) groups excluding carboxylic acids is 1. The van der Waals surface area contributed by atoms with E-state index < -0.39 is 0 Å². The molecule has 2 fully saturated rings. The molecule has 3 heterocycles. The summed E-state index contributed by atoms with van der Waals surface area (Å²) in [5.74, 6) is 0.655. The normalized spacial score (nSPS) is 21.0. The highest BCUT2D eigenvalue weighted by Gasteiger charge is 2.23. The van der Waals surface area contributed by atoms with Crippen molar-refractivity contribution in [3.05, 3.63) is 53.3 Å². The largest absolute Gasteiger partial charge is 0.339 e. The zero-order valence-electron chi connectivity index (χ0n) is 16.8. The fourth-order valence-corrected chi connectivity index (χ4v) is 4.21. The lowest BCUT2D eigenvalue weighted by molar-refractivity contribution is -0.133. The van der Waals surface area contributed by atoms with Crippen molar-refractivity contribution < 1.29 is 4.79 Å². The zero-order valence-corrected chi connectivity index (χ0v) is 16.8. The van der Waals surface area contributed by atoms with E-state index >= 15 is 0 Å². The molecule has 1 aromatic heterocycles. The lowest BCUT2D eigenvalue weighted by Crippen LogP contribution is -2.49. The molecule has 0 saturated carbocycles. The number of piperazine rings is 1. The topological polar surface area (TPSA) is 53.4 Å². The van der Waals surface area contributed by atoms with Gasteiger partial charge in [-0.1, -0.05) is 24.3 Å². The Morgan fingerprint density at radius 2 is 2.00 bits per heavy atom. The molecule has 4 rings (SSSR count). The van der Waals surface area contributed by atoms with Crippen molar-refractivity contribution in [2.75, 3.05) is 39.3 Å². The van der Waals surface area contributed by atoms with Crippen molar-refractivity contribution in [1.82, 2.24) is 24.9 Å². The number of hydrogen-bond donors (Lipinski definition) is 1. The number of benzene rings is 1. The van der Waals surface area contributed by atoms with E-state index in [2.05, 4.69) is 52.6 Å². The summed E-state index contributed by atoms with van der Waals surface area (Å²) in [7, 11) is 0. The van der Waals surface area contributed by atoms with Gasteiger partial charge in [-0.2, -0.15) is 5.10 Å². The zero-order chi connectivity index (χ0) is 19.3. The van der Waals surface area contributed by atoms with Crippen molar-refractivity contribution in [3.63, 3.8) is 0 Å². The van der Waals surface area contributed by atoms with Gasteiger partial charge in [-0.15, -0.1) is 0 Å². The van der Waals surface area contributed by atoms with Gasteiger partial charge in [0, 0.05) is 51.4 Å². The maximum absolute atomic E-state index is 12.7. The number of aromatic nitrogens is 2. The summed E-state index contributed by atoms with van der Waals surface area (Å²) in [6.07, 6.45) is 4.33. The molecule has 0 spiro atoms. The highest BCUT2D eigenvalue weighted by atomic mass is 16.2. The van der Waals surface area contributed by atoms with E-state index in [4.69, 9.17) is 0 Å². The molecule has 1 N–H and O–H groups in total. The minimum Gasteiger partial charge on any atom is -0.339 e. The molecule has 2 saturated heterocycles. The molecule has 0 radical (unpaired) electrons. The molecular formula is C22H31N5O. The Morgan fingerprint density at radius 3 is 2.75 bits per heavy atom. The number of piperidine rings is 1. The first kappa shape index (κ1) is 19.2. The van der Waals surface area contributed by atoms with Crippen LogP contribution in [0.5, 0.6) is 0 Å². The molecule has 150 valence electrons. The summed E-state index contributed by atoms with van der Waals surface area (Å²) in [6, 6.07) is 10.6. The molecule has 1 aromatic carbocycles. The molecule has 28 heavy (non-hydrogen) atoms. The second-order valence-corrected chi connectivity index (χ2v) is 8.06. The van der Waals surface area contributed by atoms with Crippen LogP contribution in [0.4, 0.5) is 0 Å². The lowest BCUT2D eigenvalue weighted by atomic mass is 9.97. The Labute approximate surface area is 167 Å². The Hall–Kier alpha value is -2.18. The number of nitrogens with one attached hydrogen (secondary N) is 1. The van der Waals surface area contributed by atoms with Gasteiger partial charge in [0.15, 0.2) is 0 Å². The van der Waals surface area contributed by atoms with Crippen molar-refractivity contribution in [3.8, 4) is 0 Å². The maximum Gasteiger partial charge on any atom is 0.244 e. The summed E-state index contributed by atoms with van der Waals surface area (Å²) in [6.45, 7) is 9.02. The Bertz CT molecular complexity index is 788. The first-order valence-electron chi connectivity index (χ1n) is 10.5. The summed E-state index contributed by atoms with van der Waals surface area (Å²) in [5, 5.41) is 8.10. The third-order valence-electron chi connectivity index (χ3n) is 6.05. The number of hydrogen-bond acceptors (Lipinski definition) is 4. The average molecular weight is 382 g/mol. The summed E-state index contributed by atoms with van der Waals surface area (Å²) >= 11 is 0. The molecular weight excluding hydrogens is 350 g/mol. The number of rotatable bonds is 5. The Morgan fingerprint density at radius 1 is 1.18 bits per heavy atom. The molecule has 6 heteroatoms. The third kappa shape index (κ3) is 4.62. The first-order valence-corrected chi connectivity index (χ1v) is 10.5. The van der Waals surface area contributed by atoms with E-state index in [0.29, 0.717) is 12.5 Å². The van der Waals surface area contributed by atoms with Gasteiger partial charge in [0.1, 0.15) is 6.54 Å². The highest BCUT2D eigenvalue weighted by Crippen LogP contribution is 2.21. The predicted octanol–water partition coefficient (Wildman–Crippen LogP) is 2.00. The predicted molar refractivity (Wildman–Crippen MR) is 110 cm³/mol. The van der Waals surface area contributed by atoms with Crippen LogP contribution in [0.3, 0.4) is 0 Å². The fraction of sp³-hybridized carbons (Fsp3) is 0.545. The fourth-order valence-electron chi connectivity index (χ4n) is 4.21. The van der Waals surface area contributed by atoms with Crippen molar-refractivity contribution in [1.29, 1.82) is 0 Å². The van der Waals surface area contributed by atoms with Crippen LogP contribution in [0.15, 0.2) is 36.5 Å². The molecule has 0 aliphatic carbocycles. The number of nitrogens with zero attached hydrogens (tertiary/aromatic N) is 4. The maximum atomic E-state index is 12.7. The second-order valence-electron chi connectivity index (χ2n) is 8.06. The lowest BCUT2D eigenvalue weighted by Gasteiger charge is -2.35. The van der Waals surface area contributed by atoms with E-state index in [1.54, 1.807) is 0 Å². The second kappa shape index (κ2) is 8.88. The third-order valence-corrected chi connectivity index (χ3v) is 6.05. The van der Waals surface area contributed by atoms with E-state index in [0.717, 1.165) is 51.5 Å². The van der Waals surface area contributed by atoms with Crippen LogP contribution in [0, 0.1) is 6.92 Å². The van der Waals surface area contributed by atoms with Crippen LogP contribution in [0.2, 0.25) is 0 Å². The standard InChI is InChI=1S/C22H31N5O/c1-18-5-2-3-6-20(18)16-25-11-13-26(14-12-25)22(28)17-27-10-8-21(24-27)19-7-4-9-23-15-19/h2-3,5-6,8,10,19,23H,4,7,9,11-17H2,1H3/t19-/m0/s1. The van der Waals surface area contributed by atoms with Crippen LogP contribution < -0.4 is 5.32 Å². The highest BCUT2D eigenvalue weighted by molar-refractivity contribution is 5.76. The van der Waals surface area contributed by atoms with Crippen molar-refractivity contribution in [2.45, 2.75) is 38.8 Å². The summed E-state index contributed by atoms with van der Waals surface area (Å²) in [5.41, 5.74) is 3.83. The molecule has 1 atom stereocenters.